The Morgan fingerprint density at radius 1 is 0.280 bits per heavy atom. The standard InChI is InChI=1S/C78H60N2O2/c1-75(2,3)77(65-31-15-11-25-57(65)59-43-41-55(47-67(59)77)79(53-39-37-49-21-7-9-23-51(49)45-53)69-33-19-29-63-61-27-13-17-35-71(61)81-73(63)69)78(76(4,5)6)66-32-16-12-26-58(66)60-44-42-56(48-68(60)78)80(54-40-38-50-22-8-10-24-52(50)46-54)70-34-20-30-64-62-28-14-18-36-72(62)82-74(64)70/h7-48H,1-6H3. The molecule has 0 fully saturated rings. The fraction of sp³-hybridized carbons (Fsp3) is 0.128. The van der Waals surface area contributed by atoms with E-state index >= 15 is 0 Å². The van der Waals surface area contributed by atoms with Crippen molar-refractivity contribution in [1.29, 1.82) is 0 Å². The number of para-hydroxylation sites is 4. The maximum atomic E-state index is 6.96. The van der Waals surface area contributed by atoms with Gasteiger partial charge in [0.05, 0.1) is 11.4 Å². The predicted molar refractivity (Wildman–Crippen MR) is 343 cm³/mol. The zero-order valence-corrected chi connectivity index (χ0v) is 47.0. The number of hydrogen-bond acceptors (Lipinski definition) is 4. The van der Waals surface area contributed by atoms with Crippen LogP contribution < -0.4 is 9.80 Å². The van der Waals surface area contributed by atoms with Crippen molar-refractivity contribution in [2.45, 2.75) is 52.4 Å². The van der Waals surface area contributed by atoms with Crippen LogP contribution in [0.4, 0.5) is 34.1 Å². The van der Waals surface area contributed by atoms with E-state index in [1.54, 1.807) is 0 Å². The first-order chi connectivity index (χ1) is 39.9. The lowest BCUT2D eigenvalue weighted by Crippen LogP contribution is -2.62. The Labute approximate surface area is 478 Å². The maximum absolute atomic E-state index is 6.96. The average molecular weight is 1060 g/mol. The quantitative estimate of drug-likeness (QED) is 0.159. The lowest BCUT2D eigenvalue weighted by molar-refractivity contribution is 0.0594. The monoisotopic (exact) mass is 1060 g/mol. The van der Waals surface area contributed by atoms with Gasteiger partial charge in [-0.3, -0.25) is 0 Å². The second-order valence-corrected chi connectivity index (χ2v) is 24.8. The Kier molecular flexibility index (Phi) is 10.3. The fourth-order valence-corrected chi connectivity index (χ4v) is 15.7. The van der Waals surface area contributed by atoms with E-state index in [-0.39, 0.29) is 0 Å². The lowest BCUT2D eigenvalue weighted by Gasteiger charge is -2.62. The van der Waals surface area contributed by atoms with Crippen LogP contribution in [-0.4, -0.2) is 0 Å². The summed E-state index contributed by atoms with van der Waals surface area (Å²) >= 11 is 0. The normalized spacial score (nSPS) is 16.5. The van der Waals surface area contributed by atoms with Gasteiger partial charge >= 0.3 is 0 Å². The summed E-state index contributed by atoms with van der Waals surface area (Å²) in [6.07, 6.45) is 0. The molecule has 0 radical (unpaired) electrons. The lowest BCUT2D eigenvalue weighted by atomic mass is 9.39. The first kappa shape index (κ1) is 48.3. The van der Waals surface area contributed by atoms with Crippen LogP contribution in [-0.2, 0) is 10.8 Å². The summed E-state index contributed by atoms with van der Waals surface area (Å²) in [6, 6.07) is 94.5. The van der Waals surface area contributed by atoms with Crippen LogP contribution in [0, 0.1) is 10.8 Å². The summed E-state index contributed by atoms with van der Waals surface area (Å²) in [5, 5.41) is 9.14. The third-order valence-electron chi connectivity index (χ3n) is 18.6. The van der Waals surface area contributed by atoms with E-state index in [1.165, 1.54) is 66.1 Å². The van der Waals surface area contributed by atoms with Crippen molar-refractivity contribution in [3.8, 4) is 22.3 Å². The number of nitrogens with zero attached hydrogens (tertiary/aromatic N) is 2. The summed E-state index contributed by atoms with van der Waals surface area (Å²) in [4.78, 5) is 4.90. The summed E-state index contributed by atoms with van der Waals surface area (Å²) in [7, 11) is 0. The summed E-state index contributed by atoms with van der Waals surface area (Å²) in [6.45, 7) is 15.0. The topological polar surface area (TPSA) is 32.8 Å². The highest BCUT2D eigenvalue weighted by Gasteiger charge is 2.70. The second-order valence-electron chi connectivity index (χ2n) is 24.8. The highest BCUT2D eigenvalue weighted by atomic mass is 16.3. The Balaban J connectivity index is 1.00. The molecule has 14 aromatic rings. The SMILES string of the molecule is CC(C)(C)C1(C2(C(C)(C)C)c3ccccc3-c3ccc(N(c4ccc5ccccc5c4)c4cccc5c4oc4ccccc45)cc32)c2ccccc2-c2ccc(N(c3ccc4ccccc4c3)c3cccc4c3oc3ccccc34)cc21. The molecule has 16 rings (SSSR count). The van der Waals surface area contributed by atoms with E-state index < -0.39 is 21.7 Å². The van der Waals surface area contributed by atoms with Gasteiger partial charge in [0.1, 0.15) is 11.2 Å². The smallest absolute Gasteiger partial charge is 0.159 e. The highest BCUT2D eigenvalue weighted by molar-refractivity contribution is 6.12. The fourth-order valence-electron chi connectivity index (χ4n) is 15.7. The Hall–Kier alpha value is -9.64. The molecule has 2 heterocycles. The van der Waals surface area contributed by atoms with E-state index in [9.17, 15) is 0 Å². The third kappa shape index (κ3) is 6.55. The van der Waals surface area contributed by atoms with Crippen molar-refractivity contribution in [3.05, 3.63) is 277 Å². The van der Waals surface area contributed by atoms with Crippen molar-refractivity contribution < 1.29 is 8.83 Å². The molecule has 2 aromatic heterocycles. The number of hydrogen-bond donors (Lipinski definition) is 0. The molecule has 4 heteroatoms. The molecule has 4 nitrogen and oxygen atoms in total. The van der Waals surface area contributed by atoms with Gasteiger partial charge in [-0.05, 0) is 150 Å². The van der Waals surface area contributed by atoms with Gasteiger partial charge in [-0.1, -0.05) is 224 Å². The van der Waals surface area contributed by atoms with Crippen molar-refractivity contribution in [3.63, 3.8) is 0 Å². The van der Waals surface area contributed by atoms with E-state index in [4.69, 9.17) is 8.83 Å². The molecule has 0 saturated carbocycles. The van der Waals surface area contributed by atoms with Crippen LogP contribution in [0.25, 0.3) is 87.7 Å². The number of furan rings is 2. The molecular formula is C78H60N2O2. The molecule has 0 aliphatic heterocycles. The third-order valence-corrected chi connectivity index (χ3v) is 18.6. The summed E-state index contributed by atoms with van der Waals surface area (Å²) in [5.41, 5.74) is 17.9. The summed E-state index contributed by atoms with van der Waals surface area (Å²) in [5.74, 6) is 0. The van der Waals surface area contributed by atoms with Crippen LogP contribution in [0.5, 0.6) is 0 Å². The molecule has 394 valence electrons. The van der Waals surface area contributed by atoms with E-state index in [0.717, 1.165) is 78.0 Å². The second kappa shape index (κ2) is 17.4. The van der Waals surface area contributed by atoms with Gasteiger partial charge in [-0.15, -0.1) is 0 Å². The number of anilines is 6. The van der Waals surface area contributed by atoms with Gasteiger partial charge < -0.3 is 18.6 Å². The van der Waals surface area contributed by atoms with E-state index in [1.807, 2.05) is 0 Å². The molecule has 2 atom stereocenters. The van der Waals surface area contributed by atoms with Gasteiger partial charge in [0, 0.05) is 55.1 Å². The zero-order chi connectivity index (χ0) is 55.3. The summed E-state index contributed by atoms with van der Waals surface area (Å²) < 4.78 is 13.9. The van der Waals surface area contributed by atoms with Crippen LogP contribution in [0.2, 0.25) is 0 Å². The first-order valence-electron chi connectivity index (χ1n) is 28.8. The molecule has 2 aliphatic rings. The molecule has 12 aromatic carbocycles. The van der Waals surface area contributed by atoms with Gasteiger partial charge in [-0.2, -0.15) is 0 Å². The van der Waals surface area contributed by atoms with Crippen molar-refractivity contribution in [2.24, 2.45) is 10.8 Å². The van der Waals surface area contributed by atoms with E-state index in [0.29, 0.717) is 0 Å². The largest absolute Gasteiger partial charge is 0.454 e. The molecule has 0 amide bonds. The van der Waals surface area contributed by atoms with Crippen LogP contribution in [0.3, 0.4) is 0 Å². The van der Waals surface area contributed by atoms with Gasteiger partial charge in [0.25, 0.3) is 0 Å². The minimum atomic E-state index is -0.687. The number of rotatable bonds is 7. The Morgan fingerprint density at radius 3 is 1.06 bits per heavy atom. The average Bonchev–Trinajstić information content (AvgIpc) is 2.17. The van der Waals surface area contributed by atoms with Gasteiger partial charge in [-0.25, -0.2) is 0 Å². The maximum Gasteiger partial charge on any atom is 0.159 e. The highest BCUT2D eigenvalue weighted by Crippen LogP contribution is 2.75. The van der Waals surface area contributed by atoms with Crippen LogP contribution in [0.15, 0.2) is 264 Å². The Bertz CT molecular complexity index is 4630. The minimum absolute atomic E-state index is 0.407. The van der Waals surface area contributed by atoms with Crippen molar-refractivity contribution in [2.75, 3.05) is 9.80 Å². The number of fused-ring (bicyclic) bond motifs is 14. The molecule has 2 aliphatic carbocycles. The minimum Gasteiger partial charge on any atom is -0.454 e. The molecule has 0 N–H and O–H groups in total. The Morgan fingerprint density at radius 2 is 0.622 bits per heavy atom. The molecular weight excluding hydrogens is 997 g/mol. The molecule has 2 unspecified atom stereocenters. The van der Waals surface area contributed by atoms with Crippen molar-refractivity contribution >= 4 is 99.5 Å². The van der Waals surface area contributed by atoms with Crippen LogP contribution >= 0.6 is 0 Å². The van der Waals surface area contributed by atoms with Gasteiger partial charge in [0.15, 0.2) is 11.2 Å². The predicted octanol–water partition coefficient (Wildman–Crippen LogP) is 22.1. The molecule has 82 heavy (non-hydrogen) atoms. The zero-order valence-electron chi connectivity index (χ0n) is 47.0. The number of benzene rings is 12. The van der Waals surface area contributed by atoms with Crippen LogP contribution in [0.1, 0.15) is 63.8 Å². The molecule has 0 saturated heterocycles. The van der Waals surface area contributed by atoms with E-state index in [2.05, 4.69) is 306 Å². The molecule has 0 bridgehead atoms. The molecule has 0 spiro atoms. The van der Waals surface area contributed by atoms with Crippen molar-refractivity contribution in [1.82, 2.24) is 0 Å². The first-order valence-corrected chi connectivity index (χ1v) is 28.8. The van der Waals surface area contributed by atoms with Gasteiger partial charge in [0.2, 0.25) is 0 Å².